The number of hydrogen-bond donors (Lipinski definition) is 1. The fourth-order valence-corrected chi connectivity index (χ4v) is 3.20. The van der Waals surface area contributed by atoms with Crippen LogP contribution in [0.4, 0.5) is 17.1 Å². The molecule has 7 nitrogen and oxygen atoms in total. The molecule has 0 spiro atoms. The number of carbonyl (C=O) groups is 2. The Kier molecular flexibility index (Phi) is 5.73. The second-order valence-corrected chi connectivity index (χ2v) is 6.87. The maximum absolute atomic E-state index is 12.7. The SMILES string of the molecule is COc1ccc(NC(=O)C2CC(=O)N(c3ccc(N(C)C)cc3)C2)c(OC)c1. The number of hydrogen-bond acceptors (Lipinski definition) is 5. The van der Waals surface area contributed by atoms with E-state index in [1.807, 2.05) is 43.3 Å². The van der Waals surface area contributed by atoms with E-state index in [-0.39, 0.29) is 18.2 Å². The summed E-state index contributed by atoms with van der Waals surface area (Å²) in [6.07, 6.45) is 0.180. The zero-order valence-corrected chi connectivity index (χ0v) is 16.6. The van der Waals surface area contributed by atoms with Crippen LogP contribution in [0.15, 0.2) is 42.5 Å². The summed E-state index contributed by atoms with van der Waals surface area (Å²) in [5.74, 6) is 0.461. The number of rotatable bonds is 6. The highest BCUT2D eigenvalue weighted by Gasteiger charge is 2.35. The van der Waals surface area contributed by atoms with E-state index >= 15 is 0 Å². The van der Waals surface area contributed by atoms with Crippen LogP contribution >= 0.6 is 0 Å². The molecule has 0 aliphatic carbocycles. The summed E-state index contributed by atoms with van der Waals surface area (Å²) in [5.41, 5.74) is 2.40. The molecule has 1 aliphatic rings. The van der Waals surface area contributed by atoms with E-state index in [4.69, 9.17) is 9.47 Å². The van der Waals surface area contributed by atoms with Gasteiger partial charge in [0.2, 0.25) is 11.8 Å². The predicted molar refractivity (Wildman–Crippen MR) is 109 cm³/mol. The third kappa shape index (κ3) is 4.03. The van der Waals surface area contributed by atoms with Gasteiger partial charge >= 0.3 is 0 Å². The standard InChI is InChI=1S/C21H25N3O4/c1-23(2)15-5-7-16(8-6-15)24-13-14(11-20(24)25)21(26)22-18-10-9-17(27-3)12-19(18)28-4/h5-10,12,14H,11,13H2,1-4H3,(H,22,26). The van der Waals surface area contributed by atoms with Crippen molar-refractivity contribution in [2.45, 2.75) is 6.42 Å². The Bertz CT molecular complexity index is 864. The highest BCUT2D eigenvalue weighted by Crippen LogP contribution is 2.31. The van der Waals surface area contributed by atoms with Crippen molar-refractivity contribution in [2.24, 2.45) is 5.92 Å². The van der Waals surface area contributed by atoms with E-state index in [9.17, 15) is 9.59 Å². The average molecular weight is 383 g/mol. The van der Waals surface area contributed by atoms with Crippen LogP contribution in [0.1, 0.15) is 6.42 Å². The van der Waals surface area contributed by atoms with Gasteiger partial charge in [-0.15, -0.1) is 0 Å². The summed E-state index contributed by atoms with van der Waals surface area (Å²) in [5, 5.41) is 2.87. The molecule has 2 aromatic carbocycles. The Labute approximate surface area is 164 Å². The van der Waals surface area contributed by atoms with Crippen molar-refractivity contribution < 1.29 is 19.1 Å². The van der Waals surface area contributed by atoms with Crippen LogP contribution in [0.3, 0.4) is 0 Å². The maximum atomic E-state index is 12.7. The summed E-state index contributed by atoms with van der Waals surface area (Å²) in [6.45, 7) is 0.352. The fourth-order valence-electron chi connectivity index (χ4n) is 3.20. The monoisotopic (exact) mass is 383 g/mol. The molecule has 0 aromatic heterocycles. The summed E-state index contributed by atoms with van der Waals surface area (Å²) in [7, 11) is 7.02. The summed E-state index contributed by atoms with van der Waals surface area (Å²) >= 11 is 0. The second-order valence-electron chi connectivity index (χ2n) is 6.87. The lowest BCUT2D eigenvalue weighted by Gasteiger charge is -2.19. The van der Waals surface area contributed by atoms with Crippen LogP contribution in [-0.4, -0.2) is 46.7 Å². The van der Waals surface area contributed by atoms with Crippen molar-refractivity contribution in [1.29, 1.82) is 0 Å². The van der Waals surface area contributed by atoms with E-state index in [0.29, 0.717) is 23.7 Å². The first-order valence-corrected chi connectivity index (χ1v) is 9.03. The molecular weight excluding hydrogens is 358 g/mol. The van der Waals surface area contributed by atoms with Crippen LogP contribution in [0.25, 0.3) is 0 Å². The fraction of sp³-hybridized carbons (Fsp3) is 0.333. The topological polar surface area (TPSA) is 71.1 Å². The van der Waals surface area contributed by atoms with Gasteiger partial charge in [0, 0.05) is 44.5 Å². The maximum Gasteiger partial charge on any atom is 0.229 e. The minimum Gasteiger partial charge on any atom is -0.497 e. The van der Waals surface area contributed by atoms with E-state index < -0.39 is 5.92 Å². The Morgan fingerprint density at radius 2 is 1.82 bits per heavy atom. The number of anilines is 3. The molecule has 1 fully saturated rings. The van der Waals surface area contributed by atoms with Crippen molar-refractivity contribution in [3.05, 3.63) is 42.5 Å². The lowest BCUT2D eigenvalue weighted by atomic mass is 10.1. The van der Waals surface area contributed by atoms with Gasteiger partial charge < -0.3 is 24.6 Å². The number of methoxy groups -OCH3 is 2. The molecule has 0 bridgehead atoms. The molecule has 28 heavy (non-hydrogen) atoms. The first-order valence-electron chi connectivity index (χ1n) is 9.03. The molecule has 148 valence electrons. The van der Waals surface area contributed by atoms with Crippen LogP contribution in [-0.2, 0) is 9.59 Å². The number of carbonyl (C=O) groups excluding carboxylic acids is 2. The van der Waals surface area contributed by atoms with Crippen LogP contribution < -0.4 is 24.6 Å². The van der Waals surface area contributed by atoms with Crippen molar-refractivity contribution in [3.8, 4) is 11.5 Å². The Morgan fingerprint density at radius 3 is 2.43 bits per heavy atom. The van der Waals surface area contributed by atoms with Gasteiger partial charge in [0.15, 0.2) is 0 Å². The number of amides is 2. The second kappa shape index (κ2) is 8.21. The molecule has 0 radical (unpaired) electrons. The molecule has 3 rings (SSSR count). The Hall–Kier alpha value is -3.22. The van der Waals surface area contributed by atoms with Gasteiger partial charge in [0.25, 0.3) is 0 Å². The lowest BCUT2D eigenvalue weighted by molar-refractivity contribution is -0.122. The summed E-state index contributed by atoms with van der Waals surface area (Å²) < 4.78 is 10.5. The van der Waals surface area contributed by atoms with Crippen molar-refractivity contribution in [1.82, 2.24) is 0 Å². The third-order valence-corrected chi connectivity index (χ3v) is 4.84. The van der Waals surface area contributed by atoms with Crippen molar-refractivity contribution >= 4 is 28.9 Å². The van der Waals surface area contributed by atoms with E-state index in [0.717, 1.165) is 11.4 Å². The quantitative estimate of drug-likeness (QED) is 0.831. The molecule has 2 aromatic rings. The number of benzene rings is 2. The largest absolute Gasteiger partial charge is 0.497 e. The third-order valence-electron chi connectivity index (χ3n) is 4.84. The normalized spacial score (nSPS) is 16.1. The van der Waals surface area contributed by atoms with Crippen LogP contribution in [0, 0.1) is 5.92 Å². The molecule has 2 amide bonds. The van der Waals surface area contributed by atoms with Gasteiger partial charge in [-0.3, -0.25) is 9.59 Å². The first-order chi connectivity index (χ1) is 13.4. The van der Waals surface area contributed by atoms with Gasteiger partial charge in [0.05, 0.1) is 25.8 Å². The minimum atomic E-state index is -0.423. The van der Waals surface area contributed by atoms with Gasteiger partial charge in [-0.05, 0) is 36.4 Å². The van der Waals surface area contributed by atoms with Crippen molar-refractivity contribution in [2.75, 3.05) is 50.0 Å². The molecule has 1 saturated heterocycles. The molecule has 1 N–H and O–H groups in total. The molecule has 0 saturated carbocycles. The summed E-state index contributed by atoms with van der Waals surface area (Å²) in [4.78, 5) is 28.8. The first kappa shape index (κ1) is 19.5. The average Bonchev–Trinajstić information content (AvgIpc) is 3.10. The highest BCUT2D eigenvalue weighted by atomic mass is 16.5. The molecular formula is C21H25N3O4. The predicted octanol–water partition coefficient (Wildman–Crippen LogP) is 2.76. The Balaban J connectivity index is 1.70. The highest BCUT2D eigenvalue weighted by molar-refractivity contribution is 6.04. The minimum absolute atomic E-state index is 0.0561. The summed E-state index contributed by atoms with van der Waals surface area (Å²) in [6, 6.07) is 12.9. The zero-order valence-electron chi connectivity index (χ0n) is 16.6. The molecule has 7 heteroatoms. The van der Waals surface area contributed by atoms with Crippen LogP contribution in [0.2, 0.25) is 0 Å². The lowest BCUT2D eigenvalue weighted by Crippen LogP contribution is -2.28. The smallest absolute Gasteiger partial charge is 0.229 e. The molecule has 1 heterocycles. The molecule has 1 aliphatic heterocycles. The van der Waals surface area contributed by atoms with E-state index in [1.54, 1.807) is 30.2 Å². The zero-order chi connectivity index (χ0) is 20.3. The van der Waals surface area contributed by atoms with Gasteiger partial charge in [0.1, 0.15) is 11.5 Å². The van der Waals surface area contributed by atoms with E-state index in [2.05, 4.69) is 5.32 Å². The number of nitrogens with zero attached hydrogens (tertiary/aromatic N) is 2. The van der Waals surface area contributed by atoms with Crippen molar-refractivity contribution in [3.63, 3.8) is 0 Å². The number of ether oxygens (including phenoxy) is 2. The molecule has 1 atom stereocenters. The van der Waals surface area contributed by atoms with Gasteiger partial charge in [-0.1, -0.05) is 0 Å². The Morgan fingerprint density at radius 1 is 1.11 bits per heavy atom. The van der Waals surface area contributed by atoms with Crippen LogP contribution in [0.5, 0.6) is 11.5 Å². The number of nitrogens with one attached hydrogen (secondary N) is 1. The van der Waals surface area contributed by atoms with E-state index in [1.165, 1.54) is 7.11 Å². The molecule has 1 unspecified atom stereocenters. The van der Waals surface area contributed by atoms with Gasteiger partial charge in [-0.25, -0.2) is 0 Å². The van der Waals surface area contributed by atoms with Gasteiger partial charge in [-0.2, -0.15) is 0 Å².